The predicted octanol–water partition coefficient (Wildman–Crippen LogP) is 4.56. The summed E-state index contributed by atoms with van der Waals surface area (Å²) < 4.78 is 7.52. The quantitative estimate of drug-likeness (QED) is 0.473. The third-order valence-corrected chi connectivity index (χ3v) is 5.27. The van der Waals surface area contributed by atoms with Gasteiger partial charge in [0.05, 0.1) is 11.0 Å². The van der Waals surface area contributed by atoms with Gasteiger partial charge in [-0.1, -0.05) is 38.1 Å². The number of imidazole rings is 1. The van der Waals surface area contributed by atoms with Crippen LogP contribution in [0.15, 0.2) is 48.5 Å². The summed E-state index contributed by atoms with van der Waals surface area (Å²) in [5.41, 5.74) is 3.72. The zero-order chi connectivity index (χ0) is 21.3. The molecule has 0 aliphatic rings. The van der Waals surface area contributed by atoms with E-state index in [0.29, 0.717) is 24.7 Å². The number of aryl methyl sites for hydroxylation is 1. The molecule has 0 aliphatic heterocycles. The lowest BCUT2D eigenvalue weighted by atomic mass is 10.1. The average Bonchev–Trinajstić information content (AvgIpc) is 3.12. The smallest absolute Gasteiger partial charge is 0.257 e. The van der Waals surface area contributed by atoms with E-state index in [9.17, 15) is 4.79 Å². The molecule has 1 N–H and O–H groups in total. The highest BCUT2D eigenvalue weighted by molar-refractivity contribution is 6.04. The first-order chi connectivity index (χ1) is 14.7. The fourth-order valence-electron chi connectivity index (χ4n) is 3.51. The molecule has 1 heterocycles. The number of ether oxygens (including phenoxy) is 1. The number of hydrogen-bond donors (Lipinski definition) is 1. The van der Waals surface area contributed by atoms with Gasteiger partial charge in [-0.15, -0.1) is 0 Å². The van der Waals surface area contributed by atoms with Gasteiger partial charge in [-0.3, -0.25) is 15.0 Å². The Hall–Kier alpha value is -2.70. The van der Waals surface area contributed by atoms with Crippen LogP contribution in [0.5, 0.6) is 0 Å². The summed E-state index contributed by atoms with van der Waals surface area (Å²) in [4.78, 5) is 19.9. The van der Waals surface area contributed by atoms with E-state index in [2.05, 4.69) is 33.6 Å². The van der Waals surface area contributed by atoms with E-state index in [1.54, 1.807) is 0 Å². The van der Waals surface area contributed by atoms with Crippen LogP contribution in [0, 0.1) is 0 Å². The minimum atomic E-state index is -0.147. The first-order valence-electron chi connectivity index (χ1n) is 10.8. The van der Waals surface area contributed by atoms with E-state index < -0.39 is 0 Å². The van der Waals surface area contributed by atoms with Crippen LogP contribution in [-0.2, 0) is 17.8 Å². The molecule has 0 bridgehead atoms. The Balaban J connectivity index is 1.74. The summed E-state index contributed by atoms with van der Waals surface area (Å²) in [5, 5.41) is 3.00. The molecule has 6 heteroatoms. The predicted molar refractivity (Wildman–Crippen MR) is 122 cm³/mol. The summed E-state index contributed by atoms with van der Waals surface area (Å²) in [6.07, 6.45) is 0.858. The van der Waals surface area contributed by atoms with Crippen molar-refractivity contribution in [1.29, 1.82) is 0 Å². The highest BCUT2D eigenvalue weighted by Crippen LogP contribution is 2.21. The molecule has 3 rings (SSSR count). The van der Waals surface area contributed by atoms with Crippen LogP contribution in [0.1, 0.15) is 43.1 Å². The van der Waals surface area contributed by atoms with Gasteiger partial charge in [-0.2, -0.15) is 0 Å². The van der Waals surface area contributed by atoms with Crippen molar-refractivity contribution in [1.82, 2.24) is 14.5 Å². The topological polar surface area (TPSA) is 59.4 Å². The van der Waals surface area contributed by atoms with Crippen molar-refractivity contribution in [2.45, 2.75) is 40.3 Å². The number of carbonyl (C=O) groups excluding carboxylic acids is 1. The SMILES string of the molecule is CCOCCCn1c(NC(=O)c2ccc(CN(CC)CC)cc2)nc2ccccc21. The highest BCUT2D eigenvalue weighted by Gasteiger charge is 2.14. The normalized spacial score (nSPS) is 11.3. The number of benzene rings is 2. The van der Waals surface area contributed by atoms with Crippen molar-refractivity contribution in [3.05, 3.63) is 59.7 Å². The molecule has 0 radical (unpaired) electrons. The van der Waals surface area contributed by atoms with Gasteiger partial charge >= 0.3 is 0 Å². The molecule has 0 saturated carbocycles. The monoisotopic (exact) mass is 408 g/mol. The Morgan fingerprint density at radius 3 is 2.50 bits per heavy atom. The molecular formula is C24H32N4O2. The third kappa shape index (κ3) is 5.46. The number of carbonyl (C=O) groups is 1. The molecule has 0 fully saturated rings. The summed E-state index contributed by atoms with van der Waals surface area (Å²) in [7, 11) is 0. The number of rotatable bonds is 11. The van der Waals surface area contributed by atoms with Crippen LogP contribution < -0.4 is 5.32 Å². The molecule has 6 nitrogen and oxygen atoms in total. The molecule has 0 spiro atoms. The second-order valence-electron chi connectivity index (χ2n) is 7.24. The Bertz CT molecular complexity index is 945. The number of nitrogens with one attached hydrogen (secondary N) is 1. The maximum atomic E-state index is 12.9. The van der Waals surface area contributed by atoms with Gasteiger partial charge in [0.25, 0.3) is 5.91 Å². The second-order valence-corrected chi connectivity index (χ2v) is 7.24. The maximum Gasteiger partial charge on any atom is 0.257 e. The van der Waals surface area contributed by atoms with Crippen molar-refractivity contribution in [2.75, 3.05) is 31.6 Å². The number of hydrogen-bond acceptors (Lipinski definition) is 4. The highest BCUT2D eigenvalue weighted by atomic mass is 16.5. The van der Waals surface area contributed by atoms with Crippen LogP contribution in [0.25, 0.3) is 11.0 Å². The van der Waals surface area contributed by atoms with Crippen molar-refractivity contribution in [3.63, 3.8) is 0 Å². The summed E-state index contributed by atoms with van der Waals surface area (Å²) in [6, 6.07) is 15.8. The van der Waals surface area contributed by atoms with E-state index in [0.717, 1.165) is 43.6 Å². The van der Waals surface area contributed by atoms with E-state index in [4.69, 9.17) is 4.74 Å². The Morgan fingerprint density at radius 1 is 1.07 bits per heavy atom. The van der Waals surface area contributed by atoms with Gasteiger partial charge in [0.1, 0.15) is 0 Å². The van der Waals surface area contributed by atoms with Gasteiger partial charge in [0.2, 0.25) is 5.95 Å². The minimum absolute atomic E-state index is 0.147. The fraction of sp³-hybridized carbons (Fsp3) is 0.417. The molecule has 3 aromatic rings. The average molecular weight is 409 g/mol. The number of para-hydroxylation sites is 2. The summed E-state index contributed by atoms with van der Waals surface area (Å²) in [5.74, 6) is 0.427. The Labute approximate surface area is 178 Å². The molecule has 2 aromatic carbocycles. The van der Waals surface area contributed by atoms with Gasteiger partial charge < -0.3 is 9.30 Å². The van der Waals surface area contributed by atoms with Gasteiger partial charge in [0.15, 0.2) is 0 Å². The maximum absolute atomic E-state index is 12.9. The van der Waals surface area contributed by atoms with Crippen LogP contribution in [0.4, 0.5) is 5.95 Å². The lowest BCUT2D eigenvalue weighted by Crippen LogP contribution is -2.22. The second kappa shape index (κ2) is 10.9. The number of nitrogens with zero attached hydrogens (tertiary/aromatic N) is 3. The number of aromatic nitrogens is 2. The van der Waals surface area contributed by atoms with Gasteiger partial charge in [-0.25, -0.2) is 4.98 Å². The number of fused-ring (bicyclic) bond motifs is 1. The van der Waals surface area contributed by atoms with E-state index in [1.165, 1.54) is 5.56 Å². The first-order valence-corrected chi connectivity index (χ1v) is 10.8. The third-order valence-electron chi connectivity index (χ3n) is 5.27. The summed E-state index contributed by atoms with van der Waals surface area (Å²) in [6.45, 7) is 11.4. The summed E-state index contributed by atoms with van der Waals surface area (Å²) >= 11 is 0. The van der Waals surface area contributed by atoms with Crippen molar-refractivity contribution in [3.8, 4) is 0 Å². The zero-order valence-corrected chi connectivity index (χ0v) is 18.2. The molecule has 1 amide bonds. The molecule has 160 valence electrons. The minimum Gasteiger partial charge on any atom is -0.382 e. The Kier molecular flexibility index (Phi) is 7.99. The van der Waals surface area contributed by atoms with E-state index in [1.807, 2.05) is 55.5 Å². The van der Waals surface area contributed by atoms with E-state index >= 15 is 0 Å². The molecule has 0 aliphatic carbocycles. The Morgan fingerprint density at radius 2 is 1.80 bits per heavy atom. The van der Waals surface area contributed by atoms with Crippen molar-refractivity contribution >= 4 is 22.9 Å². The lowest BCUT2D eigenvalue weighted by molar-refractivity contribution is 0.102. The zero-order valence-electron chi connectivity index (χ0n) is 18.2. The molecule has 0 saturated heterocycles. The molecular weight excluding hydrogens is 376 g/mol. The standard InChI is InChI=1S/C24H32N4O2/c1-4-27(5-2)18-19-12-14-20(15-13-19)23(29)26-24-25-21-10-7-8-11-22(21)28(24)16-9-17-30-6-3/h7-8,10-15H,4-6,9,16-18H2,1-3H3,(H,25,26,29). The van der Waals surface area contributed by atoms with Crippen molar-refractivity contribution < 1.29 is 9.53 Å². The molecule has 0 atom stereocenters. The largest absolute Gasteiger partial charge is 0.382 e. The van der Waals surface area contributed by atoms with Crippen LogP contribution in [0.2, 0.25) is 0 Å². The lowest BCUT2D eigenvalue weighted by Gasteiger charge is -2.18. The molecule has 0 unspecified atom stereocenters. The number of anilines is 1. The van der Waals surface area contributed by atoms with Crippen LogP contribution >= 0.6 is 0 Å². The van der Waals surface area contributed by atoms with Gasteiger partial charge in [-0.05, 0) is 56.3 Å². The molecule has 1 aromatic heterocycles. The van der Waals surface area contributed by atoms with Crippen LogP contribution in [-0.4, -0.2) is 46.7 Å². The first kappa shape index (κ1) is 22.0. The number of amides is 1. The van der Waals surface area contributed by atoms with Crippen molar-refractivity contribution in [2.24, 2.45) is 0 Å². The fourth-order valence-corrected chi connectivity index (χ4v) is 3.51. The van der Waals surface area contributed by atoms with Crippen LogP contribution in [0.3, 0.4) is 0 Å². The van der Waals surface area contributed by atoms with E-state index in [-0.39, 0.29) is 5.91 Å². The molecule has 30 heavy (non-hydrogen) atoms. The van der Waals surface area contributed by atoms with Gasteiger partial charge in [0, 0.05) is 31.9 Å².